The number of nitrogens with zero attached hydrogens (tertiary/aromatic N) is 2. The molecule has 2 rings (SSSR count). The molecular weight excluding hydrogens is 268 g/mol. The lowest BCUT2D eigenvalue weighted by Gasteiger charge is -2.35. The van der Waals surface area contributed by atoms with Crippen LogP contribution in [0.4, 0.5) is 0 Å². The molecule has 1 aromatic rings. The molecule has 1 N–H and O–H groups in total. The lowest BCUT2D eigenvalue weighted by atomic mass is 9.99. The Bertz CT molecular complexity index is 522. The molecule has 0 radical (unpaired) electrons. The van der Waals surface area contributed by atoms with Crippen molar-refractivity contribution in [2.75, 3.05) is 19.8 Å². The maximum atomic E-state index is 12.3. The van der Waals surface area contributed by atoms with Gasteiger partial charge in [0.15, 0.2) is 6.61 Å². The molecule has 0 spiro atoms. The van der Waals surface area contributed by atoms with E-state index < -0.39 is 0 Å². The molecule has 0 bridgehead atoms. The zero-order valence-corrected chi connectivity index (χ0v) is 12.0. The molecule has 112 valence electrons. The zero-order valence-electron chi connectivity index (χ0n) is 12.0. The van der Waals surface area contributed by atoms with Gasteiger partial charge in [0.1, 0.15) is 11.8 Å². The Kier molecular flexibility index (Phi) is 5.59. The SMILES string of the molecule is N#Cc1ccccc1OCC(=O)N1CCCCC1CCO. The Morgan fingerprint density at radius 1 is 1.43 bits per heavy atom. The van der Waals surface area contributed by atoms with E-state index in [1.54, 1.807) is 29.2 Å². The Morgan fingerprint density at radius 2 is 2.24 bits per heavy atom. The summed E-state index contributed by atoms with van der Waals surface area (Å²) < 4.78 is 5.49. The van der Waals surface area contributed by atoms with E-state index in [0.29, 0.717) is 24.3 Å². The maximum absolute atomic E-state index is 12.3. The molecule has 1 aliphatic heterocycles. The summed E-state index contributed by atoms with van der Waals surface area (Å²) in [6.45, 7) is 0.736. The van der Waals surface area contributed by atoms with Crippen LogP contribution in [0.2, 0.25) is 0 Å². The molecule has 1 aromatic carbocycles. The van der Waals surface area contributed by atoms with Gasteiger partial charge in [0.2, 0.25) is 0 Å². The number of hydrogen-bond acceptors (Lipinski definition) is 4. The molecule has 1 aliphatic rings. The first-order valence-electron chi connectivity index (χ1n) is 7.28. The number of aliphatic hydroxyl groups excluding tert-OH is 1. The van der Waals surface area contributed by atoms with Gasteiger partial charge in [-0.25, -0.2) is 0 Å². The molecule has 21 heavy (non-hydrogen) atoms. The second kappa shape index (κ2) is 7.65. The average molecular weight is 288 g/mol. The molecule has 0 aliphatic carbocycles. The molecule has 1 unspecified atom stereocenters. The van der Waals surface area contributed by atoms with E-state index in [1.165, 1.54) is 0 Å². The fourth-order valence-corrected chi connectivity index (χ4v) is 2.69. The number of nitriles is 1. The van der Waals surface area contributed by atoms with Crippen molar-refractivity contribution in [1.82, 2.24) is 4.90 Å². The first-order valence-corrected chi connectivity index (χ1v) is 7.28. The minimum Gasteiger partial charge on any atom is -0.482 e. The van der Waals surface area contributed by atoms with Gasteiger partial charge >= 0.3 is 0 Å². The highest BCUT2D eigenvalue weighted by Crippen LogP contribution is 2.21. The number of carbonyl (C=O) groups is 1. The van der Waals surface area contributed by atoms with E-state index in [1.807, 2.05) is 6.07 Å². The number of aliphatic hydroxyl groups is 1. The van der Waals surface area contributed by atoms with Crippen LogP contribution >= 0.6 is 0 Å². The predicted molar refractivity (Wildman–Crippen MR) is 77.7 cm³/mol. The molecule has 1 saturated heterocycles. The second-order valence-corrected chi connectivity index (χ2v) is 5.15. The quantitative estimate of drug-likeness (QED) is 0.895. The molecule has 1 atom stereocenters. The van der Waals surface area contributed by atoms with Crippen molar-refractivity contribution in [1.29, 1.82) is 5.26 Å². The van der Waals surface area contributed by atoms with E-state index in [4.69, 9.17) is 15.1 Å². The molecule has 5 nitrogen and oxygen atoms in total. The largest absolute Gasteiger partial charge is 0.482 e. The van der Waals surface area contributed by atoms with Crippen molar-refractivity contribution >= 4 is 5.91 Å². The fourth-order valence-electron chi connectivity index (χ4n) is 2.69. The third kappa shape index (κ3) is 3.96. The van der Waals surface area contributed by atoms with Crippen molar-refractivity contribution < 1.29 is 14.6 Å². The second-order valence-electron chi connectivity index (χ2n) is 5.15. The summed E-state index contributed by atoms with van der Waals surface area (Å²) in [5.41, 5.74) is 0.427. The van der Waals surface area contributed by atoms with Crippen molar-refractivity contribution in [3.8, 4) is 11.8 Å². The van der Waals surface area contributed by atoms with Gasteiger partial charge in [-0.15, -0.1) is 0 Å². The van der Waals surface area contributed by atoms with Gasteiger partial charge in [-0.2, -0.15) is 5.26 Å². The van der Waals surface area contributed by atoms with E-state index in [0.717, 1.165) is 19.3 Å². The highest BCUT2D eigenvalue weighted by atomic mass is 16.5. The zero-order chi connectivity index (χ0) is 15.1. The first kappa shape index (κ1) is 15.3. The third-order valence-corrected chi connectivity index (χ3v) is 3.77. The molecule has 0 saturated carbocycles. The number of amides is 1. The predicted octanol–water partition coefficient (Wildman–Crippen LogP) is 1.70. The number of para-hydroxylation sites is 1. The van der Waals surface area contributed by atoms with Crippen LogP contribution in [0, 0.1) is 11.3 Å². The lowest BCUT2D eigenvalue weighted by molar-refractivity contribution is -0.137. The van der Waals surface area contributed by atoms with Crippen LogP contribution in [0.3, 0.4) is 0 Å². The molecule has 1 amide bonds. The van der Waals surface area contributed by atoms with Gasteiger partial charge in [-0.1, -0.05) is 12.1 Å². The van der Waals surface area contributed by atoms with Crippen molar-refractivity contribution in [3.63, 3.8) is 0 Å². The highest BCUT2D eigenvalue weighted by Gasteiger charge is 2.26. The summed E-state index contributed by atoms with van der Waals surface area (Å²) >= 11 is 0. The van der Waals surface area contributed by atoms with E-state index in [9.17, 15) is 4.79 Å². The number of piperidine rings is 1. The van der Waals surface area contributed by atoms with Crippen LogP contribution in [-0.2, 0) is 4.79 Å². The molecular formula is C16H20N2O3. The minimum absolute atomic E-state index is 0.0688. The van der Waals surface area contributed by atoms with E-state index in [2.05, 4.69) is 0 Å². The number of rotatable bonds is 5. The number of likely N-dealkylation sites (tertiary alicyclic amines) is 1. The lowest BCUT2D eigenvalue weighted by Crippen LogP contribution is -2.46. The molecule has 0 aromatic heterocycles. The van der Waals surface area contributed by atoms with Crippen molar-refractivity contribution in [2.24, 2.45) is 0 Å². The Balaban J connectivity index is 1.96. The molecule has 1 fully saturated rings. The van der Waals surface area contributed by atoms with Gasteiger partial charge in [0.05, 0.1) is 5.56 Å². The smallest absolute Gasteiger partial charge is 0.260 e. The summed E-state index contributed by atoms with van der Waals surface area (Å²) in [5.74, 6) is 0.352. The number of benzene rings is 1. The summed E-state index contributed by atoms with van der Waals surface area (Å²) in [4.78, 5) is 14.1. The standard InChI is InChI=1S/C16H20N2O3/c17-11-13-5-1-2-7-15(13)21-12-16(20)18-9-4-3-6-14(18)8-10-19/h1-2,5,7,14,19H,3-4,6,8-10,12H2. The van der Waals surface area contributed by atoms with Gasteiger partial charge in [0.25, 0.3) is 5.91 Å². The summed E-state index contributed by atoms with van der Waals surface area (Å²) in [6, 6.07) is 9.03. The minimum atomic E-state index is -0.0825. The summed E-state index contributed by atoms with van der Waals surface area (Å²) in [7, 11) is 0. The van der Waals surface area contributed by atoms with Crippen LogP contribution in [0.1, 0.15) is 31.2 Å². The summed E-state index contributed by atoms with van der Waals surface area (Å²) in [5, 5.41) is 18.1. The topological polar surface area (TPSA) is 73.6 Å². The Morgan fingerprint density at radius 3 is 3.00 bits per heavy atom. The number of ether oxygens (including phenoxy) is 1. The van der Waals surface area contributed by atoms with Gasteiger partial charge in [-0.3, -0.25) is 4.79 Å². The van der Waals surface area contributed by atoms with E-state index >= 15 is 0 Å². The third-order valence-electron chi connectivity index (χ3n) is 3.77. The van der Waals surface area contributed by atoms with Crippen LogP contribution in [0.5, 0.6) is 5.75 Å². The van der Waals surface area contributed by atoms with Crippen molar-refractivity contribution in [2.45, 2.75) is 31.7 Å². The maximum Gasteiger partial charge on any atom is 0.260 e. The van der Waals surface area contributed by atoms with E-state index in [-0.39, 0.29) is 25.2 Å². The number of carbonyl (C=O) groups excluding carboxylic acids is 1. The average Bonchev–Trinajstić information content (AvgIpc) is 2.53. The Hall–Kier alpha value is -2.06. The first-order chi connectivity index (χ1) is 10.3. The van der Waals surface area contributed by atoms with Gasteiger partial charge in [0, 0.05) is 19.2 Å². The Labute approximate surface area is 124 Å². The van der Waals surface area contributed by atoms with Crippen molar-refractivity contribution in [3.05, 3.63) is 29.8 Å². The fraction of sp³-hybridized carbons (Fsp3) is 0.500. The summed E-state index contributed by atoms with van der Waals surface area (Å²) in [6.07, 6.45) is 3.62. The van der Waals surface area contributed by atoms with Crippen LogP contribution in [0.25, 0.3) is 0 Å². The van der Waals surface area contributed by atoms with Gasteiger partial charge in [-0.05, 0) is 37.8 Å². The number of hydrogen-bond donors (Lipinski definition) is 1. The molecule has 1 heterocycles. The van der Waals surface area contributed by atoms with Crippen LogP contribution in [-0.4, -0.2) is 41.7 Å². The molecule has 5 heteroatoms. The normalized spacial score (nSPS) is 18.1. The highest BCUT2D eigenvalue weighted by molar-refractivity contribution is 5.78. The van der Waals surface area contributed by atoms with Crippen LogP contribution < -0.4 is 4.74 Å². The van der Waals surface area contributed by atoms with Crippen LogP contribution in [0.15, 0.2) is 24.3 Å². The monoisotopic (exact) mass is 288 g/mol. The van der Waals surface area contributed by atoms with Gasteiger partial charge < -0.3 is 14.7 Å².